The van der Waals surface area contributed by atoms with E-state index in [1.165, 1.54) is 11.1 Å². The van der Waals surface area contributed by atoms with Crippen LogP contribution in [0.3, 0.4) is 0 Å². The molecule has 4 heteroatoms. The molecule has 2 aromatic rings. The first-order chi connectivity index (χ1) is 15.5. The number of unbranched alkanes of at least 4 members (excludes halogenated alkanes) is 5. The number of rotatable bonds is 13. The summed E-state index contributed by atoms with van der Waals surface area (Å²) in [6.07, 6.45) is 13.4. The monoisotopic (exact) mass is 432 g/mol. The fraction of sp³-hybridized carbons (Fsp3) is 0.357. The topological polar surface area (TPSA) is 58.2 Å². The van der Waals surface area contributed by atoms with Crippen LogP contribution < -0.4 is 10.6 Å². The molecule has 4 nitrogen and oxygen atoms in total. The molecule has 2 amide bonds. The first-order valence-corrected chi connectivity index (χ1v) is 11.6. The maximum Gasteiger partial charge on any atom is 0.243 e. The van der Waals surface area contributed by atoms with E-state index in [2.05, 4.69) is 10.6 Å². The minimum atomic E-state index is -0.0438. The van der Waals surface area contributed by atoms with Gasteiger partial charge in [0.1, 0.15) is 0 Å². The molecule has 0 aliphatic carbocycles. The van der Waals surface area contributed by atoms with Gasteiger partial charge in [-0.3, -0.25) is 9.59 Å². The van der Waals surface area contributed by atoms with Crippen molar-refractivity contribution in [2.24, 2.45) is 0 Å². The number of carbonyl (C=O) groups excluding carboxylic acids is 2. The maximum absolute atomic E-state index is 11.8. The third kappa shape index (κ3) is 11.3. The molecule has 0 spiro atoms. The van der Waals surface area contributed by atoms with Crippen molar-refractivity contribution in [3.05, 3.63) is 82.9 Å². The molecule has 0 heterocycles. The van der Waals surface area contributed by atoms with Crippen LogP contribution in [0.2, 0.25) is 0 Å². The Morgan fingerprint density at radius 3 is 1.31 bits per heavy atom. The van der Waals surface area contributed by atoms with Gasteiger partial charge in [0.2, 0.25) is 11.8 Å². The van der Waals surface area contributed by atoms with Crippen LogP contribution in [0.4, 0.5) is 0 Å². The molecule has 2 N–H and O–H groups in total. The molecule has 0 aliphatic heterocycles. The van der Waals surface area contributed by atoms with Crippen LogP contribution >= 0.6 is 0 Å². The molecule has 32 heavy (non-hydrogen) atoms. The minimum absolute atomic E-state index is 0.0438. The second-order valence-electron chi connectivity index (χ2n) is 8.19. The molecule has 2 aromatic carbocycles. The van der Waals surface area contributed by atoms with Crippen LogP contribution in [0, 0.1) is 13.8 Å². The highest BCUT2D eigenvalue weighted by molar-refractivity contribution is 5.92. The number of hydrogen-bond acceptors (Lipinski definition) is 2. The third-order valence-electron chi connectivity index (χ3n) is 5.21. The summed E-state index contributed by atoms with van der Waals surface area (Å²) in [5.41, 5.74) is 4.48. The number of amides is 2. The molecule has 0 aromatic heterocycles. The van der Waals surface area contributed by atoms with E-state index in [1.807, 2.05) is 74.5 Å². The highest BCUT2D eigenvalue weighted by Crippen LogP contribution is 2.07. The van der Waals surface area contributed by atoms with Crippen molar-refractivity contribution in [3.63, 3.8) is 0 Å². The van der Waals surface area contributed by atoms with Gasteiger partial charge in [-0.25, -0.2) is 0 Å². The van der Waals surface area contributed by atoms with E-state index < -0.39 is 0 Å². The molecule has 170 valence electrons. The molecule has 0 fully saturated rings. The average Bonchev–Trinajstić information content (AvgIpc) is 2.79. The Hall–Kier alpha value is -3.14. The van der Waals surface area contributed by atoms with Crippen LogP contribution in [0.25, 0.3) is 12.2 Å². The van der Waals surface area contributed by atoms with Gasteiger partial charge in [0.15, 0.2) is 0 Å². The molecule has 0 radical (unpaired) electrons. The van der Waals surface area contributed by atoms with E-state index in [0.29, 0.717) is 13.1 Å². The summed E-state index contributed by atoms with van der Waals surface area (Å²) in [6.45, 7) is 5.51. The first-order valence-electron chi connectivity index (χ1n) is 11.6. The lowest BCUT2D eigenvalue weighted by atomic mass is 10.1. The van der Waals surface area contributed by atoms with Gasteiger partial charge < -0.3 is 10.6 Å². The fourth-order valence-electron chi connectivity index (χ4n) is 3.20. The number of hydrogen-bond donors (Lipinski definition) is 2. The smallest absolute Gasteiger partial charge is 0.243 e. The Morgan fingerprint density at radius 2 is 0.938 bits per heavy atom. The van der Waals surface area contributed by atoms with Gasteiger partial charge in [0.05, 0.1) is 0 Å². The Kier molecular flexibility index (Phi) is 11.6. The molecular formula is C28H36N2O2. The molecule has 0 unspecified atom stereocenters. The van der Waals surface area contributed by atoms with Crippen molar-refractivity contribution >= 4 is 24.0 Å². The predicted molar refractivity (Wildman–Crippen MR) is 134 cm³/mol. The number of benzene rings is 2. The van der Waals surface area contributed by atoms with Crippen molar-refractivity contribution in [1.82, 2.24) is 10.6 Å². The van der Waals surface area contributed by atoms with Crippen LogP contribution in [0.5, 0.6) is 0 Å². The van der Waals surface area contributed by atoms with E-state index in [4.69, 9.17) is 0 Å². The van der Waals surface area contributed by atoms with Crippen molar-refractivity contribution < 1.29 is 9.59 Å². The largest absolute Gasteiger partial charge is 0.353 e. The molecule has 0 saturated carbocycles. The zero-order valence-electron chi connectivity index (χ0n) is 19.4. The van der Waals surface area contributed by atoms with Crippen LogP contribution in [0.15, 0.2) is 60.7 Å². The number of carbonyl (C=O) groups is 2. The van der Waals surface area contributed by atoms with Crippen molar-refractivity contribution in [2.75, 3.05) is 13.1 Å². The Balaban J connectivity index is 1.42. The molecular weight excluding hydrogens is 396 g/mol. The van der Waals surface area contributed by atoms with Gasteiger partial charge in [0, 0.05) is 25.2 Å². The normalized spacial score (nSPS) is 11.2. The lowest BCUT2D eigenvalue weighted by Gasteiger charge is -2.04. The molecule has 0 aliphatic rings. The molecule has 0 bridgehead atoms. The summed E-state index contributed by atoms with van der Waals surface area (Å²) in [6, 6.07) is 16.2. The van der Waals surface area contributed by atoms with Crippen molar-refractivity contribution in [3.8, 4) is 0 Å². The molecule has 0 saturated heterocycles. The summed E-state index contributed by atoms with van der Waals surface area (Å²) in [4.78, 5) is 23.7. The second kappa shape index (κ2) is 14.8. The first kappa shape index (κ1) is 25.1. The lowest BCUT2D eigenvalue weighted by Crippen LogP contribution is -2.22. The van der Waals surface area contributed by atoms with Gasteiger partial charge in [-0.1, -0.05) is 85.3 Å². The van der Waals surface area contributed by atoms with E-state index in [9.17, 15) is 9.59 Å². The lowest BCUT2D eigenvalue weighted by molar-refractivity contribution is -0.117. The standard InChI is InChI=1S/C28H36N2O2/c1-23-9-13-25(14-10-23)17-19-27(31)29-21-7-5-3-4-6-8-22-30-28(32)20-18-26-15-11-24(2)12-16-26/h9-20H,3-8,21-22H2,1-2H3,(H,29,31)(H,30,32). The summed E-state index contributed by atoms with van der Waals surface area (Å²) < 4.78 is 0. The van der Waals surface area contributed by atoms with E-state index in [0.717, 1.165) is 49.7 Å². The minimum Gasteiger partial charge on any atom is -0.353 e. The summed E-state index contributed by atoms with van der Waals surface area (Å²) in [5.74, 6) is -0.0875. The number of aryl methyl sites for hydroxylation is 2. The van der Waals surface area contributed by atoms with Crippen molar-refractivity contribution in [2.45, 2.75) is 52.4 Å². The zero-order valence-corrected chi connectivity index (χ0v) is 19.4. The zero-order chi connectivity index (χ0) is 23.0. The van der Waals surface area contributed by atoms with Gasteiger partial charge in [-0.2, -0.15) is 0 Å². The quantitative estimate of drug-likeness (QED) is 0.320. The molecule has 0 atom stereocenters. The highest BCUT2D eigenvalue weighted by atomic mass is 16.2. The average molecular weight is 433 g/mol. The third-order valence-corrected chi connectivity index (χ3v) is 5.21. The highest BCUT2D eigenvalue weighted by Gasteiger charge is 1.98. The Bertz CT molecular complexity index is 805. The predicted octanol–water partition coefficient (Wildman–Crippen LogP) is 5.60. The Labute approximate surface area is 192 Å². The van der Waals surface area contributed by atoms with Gasteiger partial charge in [-0.05, 0) is 50.0 Å². The Morgan fingerprint density at radius 1 is 0.594 bits per heavy atom. The van der Waals surface area contributed by atoms with Gasteiger partial charge >= 0.3 is 0 Å². The fourth-order valence-corrected chi connectivity index (χ4v) is 3.20. The number of nitrogens with one attached hydrogen (secondary N) is 2. The second-order valence-corrected chi connectivity index (χ2v) is 8.19. The van der Waals surface area contributed by atoms with E-state index in [1.54, 1.807) is 12.2 Å². The van der Waals surface area contributed by atoms with Crippen LogP contribution in [0.1, 0.15) is 60.8 Å². The van der Waals surface area contributed by atoms with E-state index in [-0.39, 0.29) is 11.8 Å². The van der Waals surface area contributed by atoms with E-state index >= 15 is 0 Å². The van der Waals surface area contributed by atoms with Crippen LogP contribution in [-0.4, -0.2) is 24.9 Å². The van der Waals surface area contributed by atoms with Crippen molar-refractivity contribution in [1.29, 1.82) is 0 Å². The van der Waals surface area contributed by atoms with Gasteiger partial charge in [0.25, 0.3) is 0 Å². The summed E-state index contributed by atoms with van der Waals surface area (Å²) in [5, 5.41) is 5.87. The SMILES string of the molecule is Cc1ccc(C=CC(=O)NCCCCCCCCNC(=O)C=Cc2ccc(C)cc2)cc1. The van der Waals surface area contributed by atoms with Gasteiger partial charge in [-0.15, -0.1) is 0 Å². The van der Waals surface area contributed by atoms with Crippen LogP contribution in [-0.2, 0) is 9.59 Å². The maximum atomic E-state index is 11.8. The summed E-state index contributed by atoms with van der Waals surface area (Å²) in [7, 11) is 0. The summed E-state index contributed by atoms with van der Waals surface area (Å²) >= 11 is 0. The molecule has 2 rings (SSSR count).